The van der Waals surface area contributed by atoms with E-state index < -0.39 is 15.9 Å². The van der Waals surface area contributed by atoms with Gasteiger partial charge in [0.1, 0.15) is 5.75 Å². The number of hydrogen-bond donors (Lipinski definition) is 1. The summed E-state index contributed by atoms with van der Waals surface area (Å²) in [4.78, 5) is 13.2. The summed E-state index contributed by atoms with van der Waals surface area (Å²) in [6, 6.07) is 8.76. The highest BCUT2D eigenvalue weighted by Crippen LogP contribution is 2.30. The Balaban J connectivity index is 1.78. The van der Waals surface area contributed by atoms with Gasteiger partial charge in [0, 0.05) is 18.8 Å². The third-order valence-electron chi connectivity index (χ3n) is 5.38. The number of nitrogens with zero attached hydrogens (tertiary/aromatic N) is 1. The van der Waals surface area contributed by atoms with Gasteiger partial charge in [-0.15, -0.1) is 0 Å². The molecular weight excluding hydrogens is 424 g/mol. The first-order valence-electron chi connectivity index (χ1n) is 9.86. The molecule has 162 valence electrons. The zero-order chi connectivity index (χ0) is 22.1. The van der Waals surface area contributed by atoms with Gasteiger partial charge in [0.05, 0.1) is 22.9 Å². The van der Waals surface area contributed by atoms with E-state index in [0.717, 1.165) is 16.7 Å². The largest absolute Gasteiger partial charge is 0.495 e. The summed E-state index contributed by atoms with van der Waals surface area (Å²) in [6.45, 7) is 6.14. The highest BCUT2D eigenvalue weighted by atomic mass is 35.5. The minimum atomic E-state index is -3.68. The quantitative estimate of drug-likeness (QED) is 0.736. The van der Waals surface area contributed by atoms with E-state index in [1.165, 1.54) is 11.4 Å². The summed E-state index contributed by atoms with van der Waals surface area (Å²) < 4.78 is 33.2. The average molecular weight is 451 g/mol. The molecule has 1 aliphatic rings. The second-order valence-corrected chi connectivity index (χ2v) is 10.1. The van der Waals surface area contributed by atoms with Crippen molar-refractivity contribution in [3.05, 3.63) is 52.0 Å². The average Bonchev–Trinajstić information content (AvgIpc) is 2.67. The molecule has 1 amide bonds. The molecule has 30 heavy (non-hydrogen) atoms. The van der Waals surface area contributed by atoms with Crippen molar-refractivity contribution in [3.8, 4) is 5.75 Å². The number of methoxy groups -OCH3 is 1. The van der Waals surface area contributed by atoms with E-state index in [0.29, 0.717) is 40.7 Å². The van der Waals surface area contributed by atoms with Gasteiger partial charge < -0.3 is 10.1 Å². The Hall–Kier alpha value is -2.09. The van der Waals surface area contributed by atoms with Crippen LogP contribution in [0, 0.1) is 26.7 Å². The highest BCUT2D eigenvalue weighted by Gasteiger charge is 2.35. The molecule has 8 heteroatoms. The Morgan fingerprint density at radius 2 is 1.83 bits per heavy atom. The molecule has 1 atom stereocenters. The highest BCUT2D eigenvalue weighted by molar-refractivity contribution is 7.89. The molecule has 0 spiro atoms. The number of benzene rings is 2. The van der Waals surface area contributed by atoms with Crippen LogP contribution in [0.25, 0.3) is 0 Å². The van der Waals surface area contributed by atoms with Crippen molar-refractivity contribution in [2.45, 2.75) is 38.5 Å². The van der Waals surface area contributed by atoms with Crippen molar-refractivity contribution in [2.75, 3.05) is 25.5 Å². The maximum atomic E-state index is 13.3. The molecular formula is C22H27ClN2O4S. The van der Waals surface area contributed by atoms with E-state index in [1.807, 2.05) is 32.9 Å². The number of amides is 1. The lowest BCUT2D eigenvalue weighted by atomic mass is 9.98. The van der Waals surface area contributed by atoms with Crippen LogP contribution in [0.3, 0.4) is 0 Å². The van der Waals surface area contributed by atoms with E-state index in [1.54, 1.807) is 18.2 Å². The molecule has 1 N–H and O–H groups in total. The van der Waals surface area contributed by atoms with Gasteiger partial charge in [0.25, 0.3) is 0 Å². The van der Waals surface area contributed by atoms with Crippen LogP contribution in [0.1, 0.15) is 29.5 Å². The van der Waals surface area contributed by atoms with E-state index in [-0.39, 0.29) is 12.5 Å². The van der Waals surface area contributed by atoms with Crippen LogP contribution in [-0.4, -0.2) is 38.8 Å². The van der Waals surface area contributed by atoms with E-state index in [2.05, 4.69) is 5.32 Å². The van der Waals surface area contributed by atoms with Gasteiger partial charge in [0.15, 0.2) is 0 Å². The van der Waals surface area contributed by atoms with Gasteiger partial charge >= 0.3 is 0 Å². The lowest BCUT2D eigenvalue weighted by molar-refractivity contribution is -0.120. The predicted molar refractivity (Wildman–Crippen MR) is 119 cm³/mol. The molecule has 3 rings (SSSR count). The fraction of sp³-hybridized carbons (Fsp3) is 0.409. The van der Waals surface area contributed by atoms with Gasteiger partial charge in [-0.3, -0.25) is 4.79 Å². The summed E-state index contributed by atoms with van der Waals surface area (Å²) >= 11 is 6.13. The molecule has 0 radical (unpaired) electrons. The maximum absolute atomic E-state index is 13.3. The first-order chi connectivity index (χ1) is 14.1. The van der Waals surface area contributed by atoms with E-state index in [4.69, 9.17) is 16.3 Å². The van der Waals surface area contributed by atoms with Crippen LogP contribution in [0.5, 0.6) is 5.75 Å². The van der Waals surface area contributed by atoms with Crippen LogP contribution in [0.4, 0.5) is 5.69 Å². The molecule has 0 bridgehead atoms. The Morgan fingerprint density at radius 1 is 1.17 bits per heavy atom. The molecule has 1 heterocycles. The van der Waals surface area contributed by atoms with E-state index >= 15 is 0 Å². The normalized spacial score (nSPS) is 17.6. The number of carbonyl (C=O) groups is 1. The fourth-order valence-corrected chi connectivity index (χ4v) is 6.26. The predicted octanol–water partition coefficient (Wildman–Crippen LogP) is 4.31. The molecule has 0 saturated carbocycles. The zero-order valence-electron chi connectivity index (χ0n) is 17.7. The minimum Gasteiger partial charge on any atom is -0.495 e. The number of rotatable bonds is 5. The zero-order valence-corrected chi connectivity index (χ0v) is 19.2. The third-order valence-corrected chi connectivity index (χ3v) is 7.84. The summed E-state index contributed by atoms with van der Waals surface area (Å²) in [6.07, 6.45) is 1.26. The Bertz CT molecular complexity index is 1050. The van der Waals surface area contributed by atoms with Crippen molar-refractivity contribution in [3.63, 3.8) is 0 Å². The van der Waals surface area contributed by atoms with Crippen LogP contribution < -0.4 is 10.1 Å². The van der Waals surface area contributed by atoms with Crippen molar-refractivity contribution in [2.24, 2.45) is 5.92 Å². The molecule has 0 unspecified atom stereocenters. The topological polar surface area (TPSA) is 75.7 Å². The second-order valence-electron chi connectivity index (χ2n) is 7.77. The van der Waals surface area contributed by atoms with Gasteiger partial charge in [-0.25, -0.2) is 8.42 Å². The number of anilines is 1. The van der Waals surface area contributed by atoms with Crippen molar-refractivity contribution in [1.29, 1.82) is 0 Å². The molecule has 1 saturated heterocycles. The minimum absolute atomic E-state index is 0.158. The van der Waals surface area contributed by atoms with Crippen LogP contribution in [-0.2, 0) is 14.8 Å². The van der Waals surface area contributed by atoms with Gasteiger partial charge in [-0.2, -0.15) is 4.31 Å². The lowest BCUT2D eigenvalue weighted by Crippen LogP contribution is -2.44. The molecule has 1 aliphatic heterocycles. The fourth-order valence-electron chi connectivity index (χ4n) is 4.07. The van der Waals surface area contributed by atoms with Gasteiger partial charge in [-0.05, 0) is 62.9 Å². The van der Waals surface area contributed by atoms with Crippen molar-refractivity contribution >= 4 is 33.2 Å². The number of halogens is 1. The first kappa shape index (κ1) is 22.6. The molecule has 2 aromatic carbocycles. The van der Waals surface area contributed by atoms with Crippen LogP contribution in [0.2, 0.25) is 5.02 Å². The number of carbonyl (C=O) groups excluding carboxylic acids is 1. The number of ether oxygens (including phenoxy) is 1. The first-order valence-corrected chi connectivity index (χ1v) is 11.7. The number of sulfonamides is 1. The SMILES string of the molecule is COc1ccc(NC(=O)[C@@H]2CCCN(S(=O)(=O)c3c(C)cc(C)cc3C)C2)cc1Cl. The summed E-state index contributed by atoms with van der Waals surface area (Å²) in [5.41, 5.74) is 3.04. The van der Waals surface area contributed by atoms with Gasteiger partial charge in [0.2, 0.25) is 15.9 Å². The number of nitrogens with one attached hydrogen (secondary N) is 1. The van der Waals surface area contributed by atoms with Crippen molar-refractivity contribution in [1.82, 2.24) is 4.31 Å². The van der Waals surface area contributed by atoms with Gasteiger partial charge in [-0.1, -0.05) is 29.3 Å². The second kappa shape index (κ2) is 8.96. The third kappa shape index (κ3) is 4.63. The summed E-state index contributed by atoms with van der Waals surface area (Å²) in [5, 5.41) is 3.24. The lowest BCUT2D eigenvalue weighted by Gasteiger charge is -2.32. The smallest absolute Gasteiger partial charge is 0.243 e. The van der Waals surface area contributed by atoms with Crippen molar-refractivity contribution < 1.29 is 17.9 Å². The molecule has 6 nitrogen and oxygen atoms in total. The maximum Gasteiger partial charge on any atom is 0.243 e. The monoisotopic (exact) mass is 450 g/mol. The van der Waals surface area contributed by atoms with E-state index in [9.17, 15) is 13.2 Å². The Morgan fingerprint density at radius 3 is 2.43 bits per heavy atom. The summed E-state index contributed by atoms with van der Waals surface area (Å²) in [5.74, 6) is -0.123. The van der Waals surface area contributed by atoms with Crippen LogP contribution in [0.15, 0.2) is 35.2 Å². The molecule has 0 aliphatic carbocycles. The Kier molecular flexibility index (Phi) is 6.75. The summed E-state index contributed by atoms with van der Waals surface area (Å²) in [7, 11) is -2.16. The number of hydrogen-bond acceptors (Lipinski definition) is 4. The Labute approximate surface area is 183 Å². The molecule has 2 aromatic rings. The standard InChI is InChI=1S/C22H27ClN2O4S/c1-14-10-15(2)21(16(3)11-14)30(27,28)25-9-5-6-17(13-25)22(26)24-18-7-8-20(29-4)19(23)12-18/h7-8,10-12,17H,5-6,9,13H2,1-4H3,(H,24,26)/t17-/m1/s1. The number of piperidine rings is 1. The molecule has 1 fully saturated rings. The van der Waals surface area contributed by atoms with Crippen LogP contribution >= 0.6 is 11.6 Å². The molecule has 0 aromatic heterocycles. The number of aryl methyl sites for hydroxylation is 3.